The smallest absolute Gasteiger partial charge is 0.262 e. The van der Waals surface area contributed by atoms with Crippen molar-refractivity contribution in [1.82, 2.24) is 5.01 Å². The van der Waals surface area contributed by atoms with E-state index in [0.717, 1.165) is 5.56 Å². The molecule has 31 heavy (non-hydrogen) atoms. The SMILES string of the molecule is C#Cc1ccc(NC(=O)c2cc(Cl)ccc2[N+](=Cc2cccc(F)c2)N(C)CC)cc1. The maximum Gasteiger partial charge on any atom is 0.262 e. The molecule has 0 aliphatic rings. The number of carbonyl (C=O) groups is 1. The van der Waals surface area contributed by atoms with Crippen LogP contribution in [0.5, 0.6) is 0 Å². The van der Waals surface area contributed by atoms with E-state index in [4.69, 9.17) is 18.0 Å². The Morgan fingerprint density at radius 1 is 1.19 bits per heavy atom. The van der Waals surface area contributed by atoms with Crippen LogP contribution in [0.2, 0.25) is 5.02 Å². The number of nitrogens with one attached hydrogen (secondary N) is 1. The summed E-state index contributed by atoms with van der Waals surface area (Å²) in [4.78, 5) is 13.1. The van der Waals surface area contributed by atoms with E-state index in [9.17, 15) is 9.18 Å². The van der Waals surface area contributed by atoms with E-state index in [2.05, 4.69) is 11.2 Å². The second kappa shape index (κ2) is 9.92. The van der Waals surface area contributed by atoms with E-state index in [1.54, 1.807) is 65.5 Å². The van der Waals surface area contributed by atoms with Crippen LogP contribution in [0.4, 0.5) is 15.8 Å². The summed E-state index contributed by atoms with van der Waals surface area (Å²) in [5, 5.41) is 5.22. The van der Waals surface area contributed by atoms with Crippen LogP contribution in [0, 0.1) is 18.2 Å². The molecule has 0 aliphatic carbocycles. The molecule has 1 amide bonds. The zero-order valence-corrected chi connectivity index (χ0v) is 18.0. The van der Waals surface area contributed by atoms with Gasteiger partial charge in [0.2, 0.25) is 11.9 Å². The van der Waals surface area contributed by atoms with Crippen LogP contribution in [0.1, 0.15) is 28.4 Å². The van der Waals surface area contributed by atoms with Crippen LogP contribution in [0.3, 0.4) is 0 Å². The Morgan fingerprint density at radius 2 is 1.94 bits per heavy atom. The van der Waals surface area contributed by atoms with Crippen LogP contribution >= 0.6 is 11.6 Å². The van der Waals surface area contributed by atoms with Crippen molar-refractivity contribution in [2.45, 2.75) is 6.92 Å². The summed E-state index contributed by atoms with van der Waals surface area (Å²) in [5.74, 6) is 1.88. The third-order valence-electron chi connectivity index (χ3n) is 4.70. The Bertz CT molecular complexity index is 1170. The van der Waals surface area contributed by atoms with Crippen LogP contribution in [-0.2, 0) is 0 Å². The number of anilines is 1. The van der Waals surface area contributed by atoms with Gasteiger partial charge >= 0.3 is 0 Å². The van der Waals surface area contributed by atoms with Gasteiger partial charge in [0.15, 0.2) is 0 Å². The molecule has 0 aromatic heterocycles. The van der Waals surface area contributed by atoms with Gasteiger partial charge in [-0.1, -0.05) is 28.3 Å². The van der Waals surface area contributed by atoms with Gasteiger partial charge < -0.3 is 5.32 Å². The number of terminal acetylenes is 1. The topological polar surface area (TPSA) is 35.4 Å². The zero-order chi connectivity index (χ0) is 22.4. The van der Waals surface area contributed by atoms with Crippen molar-refractivity contribution in [2.24, 2.45) is 0 Å². The van der Waals surface area contributed by atoms with Gasteiger partial charge in [-0.25, -0.2) is 4.39 Å². The number of halogens is 2. The molecule has 3 aromatic rings. The number of amides is 1. The van der Waals surface area contributed by atoms with Gasteiger partial charge in [-0.3, -0.25) is 4.79 Å². The zero-order valence-electron chi connectivity index (χ0n) is 17.3. The number of carbonyl (C=O) groups excluding carboxylic acids is 1. The Kier molecular flexibility index (Phi) is 7.07. The van der Waals surface area contributed by atoms with Gasteiger partial charge in [-0.2, -0.15) is 5.01 Å². The van der Waals surface area contributed by atoms with Crippen molar-refractivity contribution in [1.29, 1.82) is 0 Å². The first-order valence-electron chi connectivity index (χ1n) is 9.69. The normalized spacial score (nSPS) is 11.0. The molecule has 3 aromatic carbocycles. The van der Waals surface area contributed by atoms with Crippen LogP contribution < -0.4 is 5.32 Å². The highest BCUT2D eigenvalue weighted by molar-refractivity contribution is 6.31. The quantitative estimate of drug-likeness (QED) is 0.246. The fourth-order valence-corrected chi connectivity index (χ4v) is 3.14. The highest BCUT2D eigenvalue weighted by Crippen LogP contribution is 2.25. The third-order valence-corrected chi connectivity index (χ3v) is 4.94. The Hall–Kier alpha value is -3.62. The molecule has 156 valence electrons. The standard InChI is InChI=1S/C25H21ClFN3O/c1-4-18-9-12-22(13-10-18)28-25(31)23-16-20(26)11-14-24(23)30(29(3)5-2)17-19-7-6-8-21(27)15-19/h1,6-17H,5H2,2-3H3/p+1. The fourth-order valence-electron chi connectivity index (χ4n) is 2.97. The van der Waals surface area contributed by atoms with E-state index >= 15 is 0 Å². The number of nitrogens with zero attached hydrogens (tertiary/aromatic N) is 2. The van der Waals surface area contributed by atoms with E-state index in [1.165, 1.54) is 12.1 Å². The molecular formula is C25H22ClFN3O+. The number of rotatable bonds is 6. The lowest BCUT2D eigenvalue weighted by Gasteiger charge is -2.16. The van der Waals surface area contributed by atoms with E-state index in [-0.39, 0.29) is 11.7 Å². The number of hydrogen-bond donors (Lipinski definition) is 1. The lowest BCUT2D eigenvalue weighted by molar-refractivity contribution is -0.611. The van der Waals surface area contributed by atoms with Gasteiger partial charge in [0.1, 0.15) is 11.4 Å². The van der Waals surface area contributed by atoms with Crippen molar-refractivity contribution in [2.75, 3.05) is 18.9 Å². The minimum absolute atomic E-state index is 0.326. The summed E-state index contributed by atoms with van der Waals surface area (Å²) in [5.41, 5.74) is 2.98. The lowest BCUT2D eigenvalue weighted by atomic mass is 10.1. The molecule has 0 spiro atoms. The lowest BCUT2D eigenvalue weighted by Crippen LogP contribution is -2.30. The van der Waals surface area contributed by atoms with Gasteiger partial charge in [0, 0.05) is 27.9 Å². The molecule has 0 heterocycles. The number of hydrazone groups is 1. The third kappa shape index (κ3) is 5.50. The van der Waals surface area contributed by atoms with Crippen LogP contribution in [-0.4, -0.2) is 35.4 Å². The van der Waals surface area contributed by atoms with Gasteiger partial charge in [-0.05, 0) is 61.5 Å². The molecule has 1 N–H and O–H groups in total. The fraction of sp³-hybridized carbons (Fsp3) is 0.120. The van der Waals surface area contributed by atoms with E-state index < -0.39 is 0 Å². The molecule has 4 nitrogen and oxygen atoms in total. The molecule has 6 heteroatoms. The monoisotopic (exact) mass is 434 g/mol. The highest BCUT2D eigenvalue weighted by atomic mass is 35.5. The average Bonchev–Trinajstić information content (AvgIpc) is 2.77. The van der Waals surface area contributed by atoms with Gasteiger partial charge in [0.25, 0.3) is 5.91 Å². The van der Waals surface area contributed by atoms with Crippen molar-refractivity contribution >= 4 is 35.1 Å². The van der Waals surface area contributed by atoms with Gasteiger partial charge in [0.05, 0.1) is 13.6 Å². The maximum absolute atomic E-state index is 13.7. The first-order valence-corrected chi connectivity index (χ1v) is 10.1. The minimum Gasteiger partial charge on any atom is -0.322 e. The Labute approximate surface area is 186 Å². The van der Waals surface area contributed by atoms with Crippen LogP contribution in [0.25, 0.3) is 0 Å². The summed E-state index contributed by atoms with van der Waals surface area (Å²) >= 11 is 6.21. The molecule has 0 radical (unpaired) electrons. The molecule has 0 saturated heterocycles. The predicted molar refractivity (Wildman–Crippen MR) is 124 cm³/mol. The summed E-state index contributed by atoms with van der Waals surface area (Å²) in [6.45, 7) is 2.64. The number of hydrogen-bond acceptors (Lipinski definition) is 2. The largest absolute Gasteiger partial charge is 0.322 e. The molecule has 0 bridgehead atoms. The molecule has 0 saturated carbocycles. The molecule has 0 unspecified atom stereocenters. The summed E-state index contributed by atoms with van der Waals surface area (Å²) in [6.07, 6.45) is 7.16. The maximum atomic E-state index is 13.7. The first kappa shape index (κ1) is 22.1. The number of hydrazine groups is 1. The molecule has 0 atom stereocenters. The highest BCUT2D eigenvalue weighted by Gasteiger charge is 2.24. The molecule has 3 rings (SSSR count). The van der Waals surface area contributed by atoms with Crippen molar-refractivity contribution in [3.05, 3.63) is 94.3 Å². The minimum atomic E-state index is -0.336. The molecule has 0 fully saturated rings. The Morgan fingerprint density at radius 3 is 2.58 bits per heavy atom. The Balaban J connectivity index is 2.04. The van der Waals surface area contributed by atoms with Crippen molar-refractivity contribution in [3.63, 3.8) is 0 Å². The second-order valence-corrected chi connectivity index (χ2v) is 7.28. The van der Waals surface area contributed by atoms with E-state index in [1.807, 2.05) is 19.0 Å². The molecule has 0 aliphatic heterocycles. The van der Waals surface area contributed by atoms with Gasteiger partial charge in [-0.15, -0.1) is 6.42 Å². The second-order valence-electron chi connectivity index (χ2n) is 6.84. The molecular weight excluding hydrogens is 413 g/mol. The van der Waals surface area contributed by atoms with Crippen molar-refractivity contribution < 1.29 is 13.9 Å². The van der Waals surface area contributed by atoms with E-state index in [0.29, 0.717) is 34.1 Å². The predicted octanol–water partition coefficient (Wildman–Crippen LogP) is 5.34. The average molecular weight is 435 g/mol. The van der Waals surface area contributed by atoms with Crippen LogP contribution in [0.15, 0.2) is 66.7 Å². The first-order chi connectivity index (χ1) is 14.9. The summed E-state index contributed by atoms with van der Waals surface area (Å²) in [7, 11) is 1.88. The van der Waals surface area contributed by atoms with Crippen molar-refractivity contribution in [3.8, 4) is 12.3 Å². The summed E-state index contributed by atoms with van der Waals surface area (Å²) < 4.78 is 15.5. The number of benzene rings is 3. The summed E-state index contributed by atoms with van der Waals surface area (Å²) in [6, 6.07) is 18.3.